The topological polar surface area (TPSA) is 57.7 Å². The van der Waals surface area contributed by atoms with E-state index in [1.165, 1.54) is 0 Å². The largest absolute Gasteiger partial charge is 0.314 e. The van der Waals surface area contributed by atoms with Crippen LogP contribution in [0.1, 0.15) is 29.5 Å². The summed E-state index contributed by atoms with van der Waals surface area (Å²) in [5.74, 6) is -0.726. The first-order chi connectivity index (χ1) is 15.5. The summed E-state index contributed by atoms with van der Waals surface area (Å²) < 4.78 is 0. The van der Waals surface area contributed by atoms with E-state index in [1.807, 2.05) is 78.9 Å². The van der Waals surface area contributed by atoms with Crippen molar-refractivity contribution in [3.63, 3.8) is 0 Å². The molecule has 5 nitrogen and oxygen atoms in total. The quantitative estimate of drug-likeness (QED) is 0.591. The van der Waals surface area contributed by atoms with Gasteiger partial charge in [0.1, 0.15) is 10.8 Å². The van der Waals surface area contributed by atoms with E-state index in [4.69, 9.17) is 0 Å². The normalized spacial score (nSPS) is 25.8. The highest BCUT2D eigenvalue weighted by Gasteiger charge is 2.71. The Hall–Kier alpha value is -3.73. The van der Waals surface area contributed by atoms with Gasteiger partial charge in [0.2, 0.25) is 11.8 Å². The first kappa shape index (κ1) is 19.0. The highest BCUT2D eigenvalue weighted by molar-refractivity contribution is 6.34. The van der Waals surface area contributed by atoms with Crippen molar-refractivity contribution in [3.8, 4) is 0 Å². The van der Waals surface area contributed by atoms with Gasteiger partial charge in [0, 0.05) is 18.4 Å². The van der Waals surface area contributed by atoms with E-state index in [0.29, 0.717) is 19.4 Å². The van der Waals surface area contributed by atoms with Gasteiger partial charge < -0.3 is 9.80 Å². The van der Waals surface area contributed by atoms with Crippen LogP contribution in [-0.2, 0) is 31.8 Å². The van der Waals surface area contributed by atoms with Gasteiger partial charge in [-0.15, -0.1) is 0 Å². The number of amides is 2. The number of likely N-dealkylation sites (N-methyl/N-ethyl adjacent to an activating group) is 1. The van der Waals surface area contributed by atoms with Crippen molar-refractivity contribution in [1.29, 1.82) is 0 Å². The summed E-state index contributed by atoms with van der Waals surface area (Å²) in [7, 11) is 1.71. The summed E-state index contributed by atoms with van der Waals surface area (Å²) in [5, 5.41) is 0. The summed E-state index contributed by atoms with van der Waals surface area (Å²) in [5.41, 5.74) is 1.34. The Bertz CT molecular complexity index is 1300. The van der Waals surface area contributed by atoms with E-state index in [0.717, 1.165) is 28.1 Å². The molecular weight excluding hydrogens is 400 g/mol. The second-order valence-electron chi connectivity index (χ2n) is 8.92. The van der Waals surface area contributed by atoms with Gasteiger partial charge in [0.05, 0.1) is 6.54 Å². The monoisotopic (exact) mass is 422 g/mol. The van der Waals surface area contributed by atoms with Crippen molar-refractivity contribution >= 4 is 29.0 Å². The number of carbonyl (C=O) groups is 3. The van der Waals surface area contributed by atoms with Gasteiger partial charge >= 0.3 is 0 Å². The molecule has 0 unspecified atom stereocenters. The number of fused-ring (bicyclic) bond motifs is 4. The highest BCUT2D eigenvalue weighted by atomic mass is 16.2. The molecule has 2 spiro atoms. The molecule has 2 atom stereocenters. The van der Waals surface area contributed by atoms with Gasteiger partial charge in [-0.2, -0.15) is 0 Å². The predicted molar refractivity (Wildman–Crippen MR) is 122 cm³/mol. The summed E-state index contributed by atoms with van der Waals surface area (Å²) >= 11 is 0. The van der Waals surface area contributed by atoms with Crippen LogP contribution in [0.5, 0.6) is 0 Å². The van der Waals surface area contributed by atoms with Crippen LogP contribution < -0.4 is 9.80 Å². The smallest absolute Gasteiger partial charge is 0.245 e. The van der Waals surface area contributed by atoms with E-state index in [1.54, 1.807) is 16.8 Å². The van der Waals surface area contributed by atoms with Gasteiger partial charge in [0.25, 0.3) is 0 Å². The minimum absolute atomic E-state index is 0.218. The van der Waals surface area contributed by atoms with Crippen LogP contribution in [-0.4, -0.2) is 24.6 Å². The maximum atomic E-state index is 14.3. The number of hydrogen-bond donors (Lipinski definition) is 0. The van der Waals surface area contributed by atoms with Crippen LogP contribution in [0.2, 0.25) is 0 Å². The van der Waals surface area contributed by atoms with E-state index in [2.05, 4.69) is 0 Å². The van der Waals surface area contributed by atoms with Crippen LogP contribution in [0.25, 0.3) is 0 Å². The number of hydrogen-bond acceptors (Lipinski definition) is 3. The Kier molecular flexibility index (Phi) is 3.79. The first-order valence-corrected chi connectivity index (χ1v) is 10.9. The average molecular weight is 422 g/mol. The number of ketones is 1. The molecular formula is C27H22N2O3. The molecule has 5 heteroatoms. The number of para-hydroxylation sites is 2. The van der Waals surface area contributed by atoms with Crippen LogP contribution in [0.3, 0.4) is 0 Å². The molecule has 0 radical (unpaired) electrons. The lowest BCUT2D eigenvalue weighted by Gasteiger charge is -2.26. The number of carbonyl (C=O) groups excluding carboxylic acids is 3. The SMILES string of the molecule is CN1C(=O)[C@@]2(CC[C@@]3(C(=O)N(Cc4ccccc4)c4ccccc43)C2=O)c2ccccc21. The molecule has 3 aromatic carbocycles. The maximum Gasteiger partial charge on any atom is 0.245 e. The molecule has 2 heterocycles. The molecule has 0 bridgehead atoms. The van der Waals surface area contributed by atoms with Crippen molar-refractivity contribution in [3.05, 3.63) is 95.6 Å². The molecule has 0 N–H and O–H groups in total. The molecule has 3 aromatic rings. The molecule has 32 heavy (non-hydrogen) atoms. The van der Waals surface area contributed by atoms with Gasteiger partial charge in [0.15, 0.2) is 5.78 Å². The average Bonchev–Trinajstić information content (AvgIpc) is 3.36. The lowest BCUT2D eigenvalue weighted by molar-refractivity contribution is -0.137. The van der Waals surface area contributed by atoms with Crippen molar-refractivity contribution in [2.45, 2.75) is 30.2 Å². The zero-order valence-corrected chi connectivity index (χ0v) is 17.7. The van der Waals surface area contributed by atoms with E-state index < -0.39 is 10.8 Å². The summed E-state index contributed by atoms with van der Waals surface area (Å²) in [6.07, 6.45) is 0.673. The molecule has 1 fully saturated rings. The first-order valence-electron chi connectivity index (χ1n) is 10.9. The van der Waals surface area contributed by atoms with Crippen LogP contribution in [0, 0.1) is 0 Å². The highest BCUT2D eigenvalue weighted by Crippen LogP contribution is 2.59. The molecule has 0 aromatic heterocycles. The number of rotatable bonds is 2. The zero-order chi connectivity index (χ0) is 22.1. The Labute approximate surface area is 186 Å². The Morgan fingerprint density at radius 1 is 0.688 bits per heavy atom. The van der Waals surface area contributed by atoms with Gasteiger partial charge in [-0.3, -0.25) is 14.4 Å². The minimum Gasteiger partial charge on any atom is -0.314 e. The predicted octanol–water partition coefficient (Wildman–Crippen LogP) is 3.75. The van der Waals surface area contributed by atoms with E-state index in [9.17, 15) is 14.4 Å². The fourth-order valence-electron chi connectivity index (χ4n) is 5.97. The third kappa shape index (κ3) is 2.11. The third-order valence-corrected chi connectivity index (χ3v) is 7.49. The number of nitrogens with zero attached hydrogens (tertiary/aromatic N) is 2. The summed E-state index contributed by atoms with van der Waals surface area (Å²) in [6.45, 7) is 0.392. The van der Waals surface area contributed by atoms with E-state index in [-0.39, 0.29) is 17.6 Å². The van der Waals surface area contributed by atoms with Gasteiger partial charge in [-0.25, -0.2) is 0 Å². The Balaban J connectivity index is 1.51. The van der Waals surface area contributed by atoms with Crippen molar-refractivity contribution in [2.75, 3.05) is 16.8 Å². The second-order valence-corrected chi connectivity index (χ2v) is 8.92. The van der Waals surface area contributed by atoms with Gasteiger partial charge in [-0.1, -0.05) is 66.7 Å². The molecule has 6 rings (SSSR count). The lowest BCUT2D eigenvalue weighted by atomic mass is 9.72. The van der Waals surface area contributed by atoms with Crippen molar-refractivity contribution < 1.29 is 14.4 Å². The van der Waals surface area contributed by atoms with E-state index >= 15 is 0 Å². The Morgan fingerprint density at radius 3 is 1.91 bits per heavy atom. The fourth-order valence-corrected chi connectivity index (χ4v) is 5.97. The fraction of sp³-hybridized carbons (Fsp3) is 0.222. The van der Waals surface area contributed by atoms with Crippen LogP contribution in [0.15, 0.2) is 78.9 Å². The zero-order valence-electron chi connectivity index (χ0n) is 17.7. The van der Waals surface area contributed by atoms with Gasteiger partial charge in [-0.05, 0) is 41.7 Å². The number of anilines is 2. The lowest BCUT2D eigenvalue weighted by Crippen LogP contribution is -2.51. The number of benzene rings is 3. The molecule has 0 saturated heterocycles. The molecule has 158 valence electrons. The molecule has 1 aliphatic carbocycles. The number of Topliss-reactive ketones (excluding diaryl/α,β-unsaturated/α-hetero) is 1. The Morgan fingerprint density at radius 2 is 1.22 bits per heavy atom. The maximum absolute atomic E-state index is 14.3. The second kappa shape index (κ2) is 6.39. The van der Waals surface area contributed by atoms with Crippen LogP contribution >= 0.6 is 0 Å². The van der Waals surface area contributed by atoms with Crippen molar-refractivity contribution in [2.24, 2.45) is 0 Å². The summed E-state index contributed by atoms with van der Waals surface area (Å²) in [6, 6.07) is 24.8. The molecule has 1 saturated carbocycles. The van der Waals surface area contributed by atoms with Crippen molar-refractivity contribution in [1.82, 2.24) is 0 Å². The standard InChI is InChI=1S/C27H22N2O3/c1-28-21-13-7-5-11-19(21)26(24(28)31)15-16-27(23(26)30)20-12-6-8-14-22(20)29(25(27)32)17-18-9-3-2-4-10-18/h2-14H,15-17H2,1H3/t26-,27-/m0/s1. The summed E-state index contributed by atoms with van der Waals surface area (Å²) in [4.78, 5) is 45.2. The van der Waals surface area contributed by atoms with Crippen LogP contribution in [0.4, 0.5) is 11.4 Å². The molecule has 2 aliphatic heterocycles. The minimum atomic E-state index is -1.32. The molecule has 2 amide bonds. The molecule has 3 aliphatic rings. The third-order valence-electron chi connectivity index (χ3n) is 7.49.